The van der Waals surface area contributed by atoms with Gasteiger partial charge in [-0.3, -0.25) is 0 Å². The minimum Gasteiger partial charge on any atom is -0.488 e. The molecule has 2 nitrogen and oxygen atoms in total. The Morgan fingerprint density at radius 3 is 2.77 bits per heavy atom. The van der Waals surface area contributed by atoms with Crippen molar-refractivity contribution in [3.63, 3.8) is 0 Å². The molecule has 0 amide bonds. The van der Waals surface area contributed by atoms with Crippen LogP contribution in [0.5, 0.6) is 5.75 Å². The van der Waals surface area contributed by atoms with Crippen LogP contribution in [0.2, 0.25) is 0 Å². The van der Waals surface area contributed by atoms with E-state index in [9.17, 15) is 4.39 Å². The first kappa shape index (κ1) is 13.4. The molecule has 0 aliphatic carbocycles. The summed E-state index contributed by atoms with van der Waals surface area (Å²) in [6.45, 7) is 6.99. The third-order valence-corrected chi connectivity index (χ3v) is 4.75. The van der Waals surface area contributed by atoms with Gasteiger partial charge in [0, 0.05) is 22.4 Å². The van der Waals surface area contributed by atoms with E-state index in [2.05, 4.69) is 44.3 Å². The highest BCUT2D eigenvalue weighted by Crippen LogP contribution is 2.44. The largest absolute Gasteiger partial charge is 0.488 e. The van der Waals surface area contributed by atoms with Crippen molar-refractivity contribution in [2.75, 3.05) is 5.32 Å². The molecule has 0 spiro atoms. The summed E-state index contributed by atoms with van der Waals surface area (Å²) in [6, 6.07) is 8.84. The van der Waals surface area contributed by atoms with Gasteiger partial charge in [0.25, 0.3) is 0 Å². The number of nitrogens with one attached hydrogen (secondary N) is 1. The molecule has 0 saturated carbocycles. The number of anilines is 1. The van der Waals surface area contributed by atoms with Crippen LogP contribution in [-0.2, 0) is 6.61 Å². The predicted molar refractivity (Wildman–Crippen MR) is 87.5 cm³/mol. The highest BCUT2D eigenvalue weighted by molar-refractivity contribution is 5.85. The Morgan fingerprint density at radius 2 is 1.95 bits per heavy atom. The summed E-state index contributed by atoms with van der Waals surface area (Å²) in [5, 5.41) is 3.57. The molecule has 0 radical (unpaired) electrons. The molecule has 4 rings (SSSR count). The predicted octanol–water partition coefficient (Wildman–Crippen LogP) is 4.99. The molecule has 2 aliphatic heterocycles. The normalized spacial score (nSPS) is 17.4. The van der Waals surface area contributed by atoms with Gasteiger partial charge in [-0.15, -0.1) is 0 Å². The first-order valence-electron chi connectivity index (χ1n) is 7.51. The second kappa shape index (κ2) is 4.35. The fraction of sp³-hybridized carbons (Fsp3) is 0.263. The number of hydrogen-bond donors (Lipinski definition) is 1. The maximum absolute atomic E-state index is 13.6. The van der Waals surface area contributed by atoms with Crippen LogP contribution in [0.25, 0.3) is 17.2 Å². The van der Waals surface area contributed by atoms with E-state index in [1.807, 2.05) is 0 Å². The van der Waals surface area contributed by atoms with Crippen LogP contribution < -0.4 is 10.1 Å². The molecule has 2 aromatic carbocycles. The zero-order valence-corrected chi connectivity index (χ0v) is 13.0. The number of benzene rings is 2. The van der Waals surface area contributed by atoms with Crippen LogP contribution in [0.15, 0.2) is 35.9 Å². The first-order chi connectivity index (χ1) is 10.5. The van der Waals surface area contributed by atoms with Crippen LogP contribution in [0.3, 0.4) is 0 Å². The SMILES string of the molecule is CC1=Cc2c(ccc3c2COc2ccc(F)cc2-3)NC1(C)C. The Balaban J connectivity index is 1.95. The van der Waals surface area contributed by atoms with Gasteiger partial charge in [-0.1, -0.05) is 12.1 Å². The van der Waals surface area contributed by atoms with Crippen molar-refractivity contribution in [3.8, 4) is 16.9 Å². The van der Waals surface area contributed by atoms with E-state index < -0.39 is 0 Å². The molecule has 2 aromatic rings. The Morgan fingerprint density at radius 1 is 1.14 bits per heavy atom. The average molecular weight is 295 g/mol. The summed E-state index contributed by atoms with van der Waals surface area (Å²) >= 11 is 0. The van der Waals surface area contributed by atoms with Crippen molar-refractivity contribution in [2.45, 2.75) is 32.9 Å². The highest BCUT2D eigenvalue weighted by Gasteiger charge is 2.29. The maximum Gasteiger partial charge on any atom is 0.127 e. The summed E-state index contributed by atoms with van der Waals surface area (Å²) in [7, 11) is 0. The van der Waals surface area contributed by atoms with Gasteiger partial charge in [0.1, 0.15) is 18.2 Å². The van der Waals surface area contributed by atoms with Crippen LogP contribution >= 0.6 is 0 Å². The fourth-order valence-corrected chi connectivity index (χ4v) is 3.17. The number of rotatable bonds is 0. The molecular formula is C19H18FNO. The summed E-state index contributed by atoms with van der Waals surface area (Å²) in [4.78, 5) is 0. The summed E-state index contributed by atoms with van der Waals surface area (Å²) in [5.74, 6) is 0.512. The first-order valence-corrected chi connectivity index (χ1v) is 7.51. The molecule has 112 valence electrons. The number of halogens is 1. The van der Waals surface area contributed by atoms with E-state index in [1.165, 1.54) is 11.6 Å². The zero-order valence-electron chi connectivity index (χ0n) is 13.0. The van der Waals surface area contributed by atoms with Crippen LogP contribution in [-0.4, -0.2) is 5.54 Å². The topological polar surface area (TPSA) is 21.3 Å². The van der Waals surface area contributed by atoms with Crippen molar-refractivity contribution < 1.29 is 9.13 Å². The van der Waals surface area contributed by atoms with Crippen molar-refractivity contribution in [2.24, 2.45) is 0 Å². The standard InChI is InChI=1S/C19H18FNO/c1-11-8-14-16-10-22-18-7-4-12(20)9-15(18)13(16)5-6-17(14)21-19(11,2)3/h4-9,21H,10H2,1-3H3. The lowest BCUT2D eigenvalue weighted by Crippen LogP contribution is -2.35. The second-order valence-electron chi connectivity index (χ2n) is 6.56. The number of ether oxygens (including phenoxy) is 1. The van der Waals surface area contributed by atoms with E-state index in [-0.39, 0.29) is 11.4 Å². The minimum absolute atomic E-state index is 0.0548. The third-order valence-electron chi connectivity index (χ3n) is 4.75. The van der Waals surface area contributed by atoms with Crippen molar-refractivity contribution in [1.29, 1.82) is 0 Å². The van der Waals surface area contributed by atoms with E-state index in [4.69, 9.17) is 4.74 Å². The van der Waals surface area contributed by atoms with Gasteiger partial charge in [-0.05, 0) is 56.2 Å². The van der Waals surface area contributed by atoms with Gasteiger partial charge in [0.05, 0.1) is 5.54 Å². The summed E-state index contributed by atoms with van der Waals surface area (Å²) in [5.41, 5.74) is 6.50. The molecule has 0 aromatic heterocycles. The highest BCUT2D eigenvalue weighted by atomic mass is 19.1. The maximum atomic E-state index is 13.6. The Hall–Kier alpha value is -2.29. The Kier molecular flexibility index (Phi) is 2.65. The molecule has 0 unspecified atom stereocenters. The summed E-state index contributed by atoms with van der Waals surface area (Å²) in [6.07, 6.45) is 2.22. The molecule has 0 saturated heterocycles. The molecule has 0 atom stereocenters. The average Bonchev–Trinajstić information content (AvgIpc) is 2.47. The van der Waals surface area contributed by atoms with Gasteiger partial charge in [-0.25, -0.2) is 4.39 Å². The monoisotopic (exact) mass is 295 g/mol. The van der Waals surface area contributed by atoms with Gasteiger partial charge >= 0.3 is 0 Å². The quantitative estimate of drug-likeness (QED) is 0.739. The van der Waals surface area contributed by atoms with Gasteiger partial charge in [0.2, 0.25) is 0 Å². The Bertz CT molecular complexity index is 820. The molecule has 1 N–H and O–H groups in total. The van der Waals surface area contributed by atoms with E-state index in [0.717, 1.165) is 33.7 Å². The fourth-order valence-electron chi connectivity index (χ4n) is 3.17. The van der Waals surface area contributed by atoms with Gasteiger partial charge in [0.15, 0.2) is 0 Å². The van der Waals surface area contributed by atoms with Crippen molar-refractivity contribution in [1.82, 2.24) is 0 Å². The van der Waals surface area contributed by atoms with Crippen LogP contribution in [0.1, 0.15) is 31.9 Å². The lowest BCUT2D eigenvalue weighted by atomic mass is 9.84. The molecule has 2 heterocycles. The van der Waals surface area contributed by atoms with Crippen LogP contribution in [0, 0.1) is 5.82 Å². The lowest BCUT2D eigenvalue weighted by Gasteiger charge is -2.35. The smallest absolute Gasteiger partial charge is 0.127 e. The van der Waals surface area contributed by atoms with Crippen molar-refractivity contribution >= 4 is 11.8 Å². The second-order valence-corrected chi connectivity index (χ2v) is 6.56. The van der Waals surface area contributed by atoms with E-state index in [0.29, 0.717) is 6.61 Å². The number of fused-ring (bicyclic) bond motifs is 5. The molecule has 22 heavy (non-hydrogen) atoms. The Labute approximate surface area is 129 Å². The molecule has 0 fully saturated rings. The van der Waals surface area contributed by atoms with Gasteiger partial charge < -0.3 is 10.1 Å². The van der Waals surface area contributed by atoms with Crippen LogP contribution in [0.4, 0.5) is 10.1 Å². The molecule has 2 aliphatic rings. The summed E-state index contributed by atoms with van der Waals surface area (Å²) < 4.78 is 19.4. The van der Waals surface area contributed by atoms with E-state index >= 15 is 0 Å². The lowest BCUT2D eigenvalue weighted by molar-refractivity contribution is 0.301. The minimum atomic E-state index is -0.237. The molecule has 0 bridgehead atoms. The molecular weight excluding hydrogens is 277 g/mol. The van der Waals surface area contributed by atoms with Gasteiger partial charge in [-0.2, -0.15) is 0 Å². The molecule has 3 heteroatoms. The number of hydrogen-bond acceptors (Lipinski definition) is 2. The third kappa shape index (κ3) is 1.85. The van der Waals surface area contributed by atoms with E-state index in [1.54, 1.807) is 12.1 Å². The zero-order chi connectivity index (χ0) is 15.5. The van der Waals surface area contributed by atoms with Crippen molar-refractivity contribution in [3.05, 3.63) is 52.8 Å².